The molecule has 1 aliphatic rings. The van der Waals surface area contributed by atoms with E-state index in [0.717, 1.165) is 6.42 Å². The van der Waals surface area contributed by atoms with Crippen molar-refractivity contribution in [2.24, 2.45) is 10.7 Å². The van der Waals surface area contributed by atoms with E-state index in [1.807, 2.05) is 20.8 Å². The molecule has 1 aliphatic heterocycles. The fraction of sp³-hybridized carbons (Fsp3) is 0.917. The van der Waals surface area contributed by atoms with E-state index in [4.69, 9.17) is 10.5 Å². The van der Waals surface area contributed by atoms with Crippen molar-refractivity contribution in [1.29, 1.82) is 0 Å². The molecule has 1 saturated heterocycles. The van der Waals surface area contributed by atoms with Gasteiger partial charge < -0.3 is 15.8 Å². The number of rotatable bonds is 6. The zero-order valence-electron chi connectivity index (χ0n) is 12.9. The Labute approximate surface area is 144 Å². The Morgan fingerprint density at radius 1 is 1.38 bits per heavy atom. The molecule has 0 aromatic heterocycles. The van der Waals surface area contributed by atoms with Crippen LogP contribution in [0.1, 0.15) is 27.2 Å². The first kappa shape index (κ1) is 20.9. The number of nitrogens with one attached hydrogen (secondary N) is 1. The van der Waals surface area contributed by atoms with Crippen LogP contribution in [0.5, 0.6) is 0 Å². The van der Waals surface area contributed by atoms with E-state index >= 15 is 0 Å². The lowest BCUT2D eigenvalue weighted by molar-refractivity contribution is -0.0440. The number of sulfonamides is 1. The summed E-state index contributed by atoms with van der Waals surface area (Å²) in [7, 11) is -3.29. The number of hydrogen-bond donors (Lipinski definition) is 2. The first-order chi connectivity index (χ1) is 9.35. The van der Waals surface area contributed by atoms with Gasteiger partial charge in [0.2, 0.25) is 10.0 Å². The van der Waals surface area contributed by atoms with E-state index in [1.54, 1.807) is 0 Å². The lowest BCUT2D eigenvalue weighted by Crippen LogP contribution is -2.50. The van der Waals surface area contributed by atoms with E-state index < -0.39 is 10.0 Å². The highest BCUT2D eigenvalue weighted by Crippen LogP contribution is 2.14. The Hall–Kier alpha value is -0.130. The largest absolute Gasteiger partial charge is 0.373 e. The van der Waals surface area contributed by atoms with Crippen LogP contribution in [0.25, 0.3) is 0 Å². The summed E-state index contributed by atoms with van der Waals surface area (Å²) in [5.41, 5.74) is 5.62. The molecule has 0 aromatic rings. The number of morpholine rings is 1. The maximum absolute atomic E-state index is 12.2. The van der Waals surface area contributed by atoms with Gasteiger partial charge in [-0.1, -0.05) is 6.92 Å². The Kier molecular flexibility index (Phi) is 9.74. The molecule has 1 fully saturated rings. The first-order valence-electron chi connectivity index (χ1n) is 7.02. The predicted octanol–water partition coefficient (Wildman–Crippen LogP) is 0.358. The third kappa shape index (κ3) is 7.61. The smallest absolute Gasteiger partial charge is 0.216 e. The van der Waals surface area contributed by atoms with Gasteiger partial charge in [0.1, 0.15) is 0 Å². The summed E-state index contributed by atoms with van der Waals surface area (Å²) in [6.07, 6.45) is 0.764. The average molecular weight is 434 g/mol. The van der Waals surface area contributed by atoms with Crippen molar-refractivity contribution in [2.45, 2.75) is 39.4 Å². The molecule has 0 aliphatic carbocycles. The van der Waals surface area contributed by atoms with Crippen LogP contribution < -0.4 is 11.1 Å². The van der Waals surface area contributed by atoms with E-state index in [-0.39, 0.29) is 48.5 Å². The third-order valence-corrected chi connectivity index (χ3v) is 4.76. The maximum Gasteiger partial charge on any atom is 0.216 e. The normalized spacial score (nSPS) is 24.4. The van der Waals surface area contributed by atoms with E-state index in [0.29, 0.717) is 25.6 Å². The Morgan fingerprint density at radius 2 is 1.95 bits per heavy atom. The second-order valence-corrected chi connectivity index (χ2v) is 7.17. The van der Waals surface area contributed by atoms with Gasteiger partial charge in [0.15, 0.2) is 5.96 Å². The number of nitrogens with zero attached hydrogens (tertiary/aromatic N) is 2. The van der Waals surface area contributed by atoms with Crippen molar-refractivity contribution >= 4 is 40.0 Å². The summed E-state index contributed by atoms with van der Waals surface area (Å²) in [5.74, 6) is 0.306. The number of halogens is 1. The average Bonchev–Trinajstić information content (AvgIpc) is 2.35. The minimum Gasteiger partial charge on any atom is -0.373 e. The number of nitrogens with two attached hydrogens (primary N) is 1. The summed E-state index contributed by atoms with van der Waals surface area (Å²) in [6.45, 7) is 7.49. The zero-order valence-corrected chi connectivity index (χ0v) is 16.1. The lowest BCUT2D eigenvalue weighted by atomic mass is 10.3. The zero-order chi connectivity index (χ0) is 15.2. The van der Waals surface area contributed by atoms with Gasteiger partial charge in [0.25, 0.3) is 0 Å². The van der Waals surface area contributed by atoms with Gasteiger partial charge in [-0.2, -0.15) is 4.31 Å². The topological polar surface area (TPSA) is 97.0 Å². The second kappa shape index (κ2) is 9.80. The quantitative estimate of drug-likeness (QED) is 0.358. The molecular weight excluding hydrogens is 407 g/mol. The van der Waals surface area contributed by atoms with Crippen LogP contribution in [0.15, 0.2) is 4.99 Å². The number of aliphatic imine (C=N–C) groups is 1. The highest BCUT2D eigenvalue weighted by Gasteiger charge is 2.30. The molecule has 1 rings (SSSR count). The van der Waals surface area contributed by atoms with Crippen LogP contribution in [-0.4, -0.2) is 62.8 Å². The van der Waals surface area contributed by atoms with Crippen LogP contribution >= 0.6 is 24.0 Å². The van der Waals surface area contributed by atoms with Gasteiger partial charge in [0.05, 0.1) is 18.0 Å². The molecule has 9 heteroatoms. The summed E-state index contributed by atoms with van der Waals surface area (Å²) >= 11 is 0. The van der Waals surface area contributed by atoms with E-state index in [9.17, 15) is 8.42 Å². The maximum atomic E-state index is 12.2. The molecule has 7 nitrogen and oxygen atoms in total. The monoisotopic (exact) mass is 434 g/mol. The summed E-state index contributed by atoms with van der Waals surface area (Å²) < 4.78 is 31.5. The molecule has 1 heterocycles. The molecule has 2 unspecified atom stereocenters. The van der Waals surface area contributed by atoms with Gasteiger partial charge in [-0.15, -0.1) is 24.0 Å². The summed E-state index contributed by atoms with van der Waals surface area (Å²) in [5, 5.41) is 2.83. The summed E-state index contributed by atoms with van der Waals surface area (Å²) in [4.78, 5) is 4.05. The molecule has 2 atom stereocenters. The minimum atomic E-state index is -3.29. The van der Waals surface area contributed by atoms with Crippen molar-refractivity contribution in [2.75, 3.05) is 31.9 Å². The van der Waals surface area contributed by atoms with Gasteiger partial charge in [-0.3, -0.25) is 4.99 Å². The van der Waals surface area contributed by atoms with Crippen LogP contribution in [0.4, 0.5) is 0 Å². The van der Waals surface area contributed by atoms with Crippen molar-refractivity contribution in [1.82, 2.24) is 9.62 Å². The van der Waals surface area contributed by atoms with Crippen LogP contribution in [0, 0.1) is 0 Å². The molecule has 3 N–H and O–H groups in total. The third-order valence-electron chi connectivity index (χ3n) is 2.95. The van der Waals surface area contributed by atoms with Gasteiger partial charge in [-0.05, 0) is 20.3 Å². The van der Waals surface area contributed by atoms with Crippen LogP contribution in [-0.2, 0) is 14.8 Å². The van der Waals surface area contributed by atoms with Gasteiger partial charge >= 0.3 is 0 Å². The number of guanidine groups is 1. The molecule has 21 heavy (non-hydrogen) atoms. The Bertz CT molecular complexity index is 420. The molecule has 0 saturated carbocycles. The summed E-state index contributed by atoms with van der Waals surface area (Å²) in [6, 6.07) is 0. The van der Waals surface area contributed by atoms with E-state index in [2.05, 4.69) is 10.3 Å². The highest BCUT2D eigenvalue weighted by atomic mass is 127. The SMILES string of the molecule is CCCN=C(N)NCCS(=O)(=O)N1CC(C)OC(C)C1.I. The van der Waals surface area contributed by atoms with Crippen LogP contribution in [0.3, 0.4) is 0 Å². The molecule has 0 aromatic carbocycles. The first-order valence-corrected chi connectivity index (χ1v) is 8.63. The molecular formula is C12H27IN4O3S. The molecule has 0 spiro atoms. The fourth-order valence-electron chi connectivity index (χ4n) is 2.08. The number of hydrogen-bond acceptors (Lipinski definition) is 4. The van der Waals surface area contributed by atoms with Crippen molar-refractivity contribution in [3.63, 3.8) is 0 Å². The van der Waals surface area contributed by atoms with Crippen molar-refractivity contribution in [3.05, 3.63) is 0 Å². The lowest BCUT2D eigenvalue weighted by Gasteiger charge is -2.34. The highest BCUT2D eigenvalue weighted by molar-refractivity contribution is 14.0. The Morgan fingerprint density at radius 3 is 2.48 bits per heavy atom. The second-order valence-electron chi connectivity index (χ2n) is 5.08. The van der Waals surface area contributed by atoms with Gasteiger partial charge in [0, 0.05) is 26.2 Å². The molecule has 0 bridgehead atoms. The fourth-order valence-corrected chi connectivity index (χ4v) is 3.58. The van der Waals surface area contributed by atoms with Crippen molar-refractivity contribution < 1.29 is 13.2 Å². The minimum absolute atomic E-state index is 0. The standard InChI is InChI=1S/C12H26N4O3S.HI/c1-4-5-14-12(13)15-6-7-20(17,18)16-8-10(2)19-11(3)9-16;/h10-11H,4-9H2,1-3H3,(H3,13,14,15);1H. The van der Waals surface area contributed by atoms with Crippen LogP contribution in [0.2, 0.25) is 0 Å². The van der Waals surface area contributed by atoms with Gasteiger partial charge in [-0.25, -0.2) is 8.42 Å². The molecule has 0 radical (unpaired) electrons. The van der Waals surface area contributed by atoms with Crippen molar-refractivity contribution in [3.8, 4) is 0 Å². The Balaban J connectivity index is 0.00000400. The molecule has 126 valence electrons. The molecule has 0 amide bonds. The predicted molar refractivity (Wildman–Crippen MR) is 95.6 cm³/mol. The van der Waals surface area contributed by atoms with E-state index in [1.165, 1.54) is 4.31 Å². The number of ether oxygens (including phenoxy) is 1.